The predicted octanol–water partition coefficient (Wildman–Crippen LogP) is 2.12. The van der Waals surface area contributed by atoms with E-state index < -0.39 is 6.10 Å². The SMILES string of the molecule is Cc1cc(CNC(=O)C2COCCO2)c2[nH]c(C)c(C)c2c1. The lowest BCUT2D eigenvalue weighted by molar-refractivity contribution is -0.147. The Morgan fingerprint density at radius 1 is 1.32 bits per heavy atom. The van der Waals surface area contributed by atoms with Crippen LogP contribution in [0.2, 0.25) is 0 Å². The third-order valence-corrected chi connectivity index (χ3v) is 4.20. The molecule has 1 unspecified atom stereocenters. The molecule has 1 amide bonds. The molecule has 2 aromatic rings. The predicted molar refractivity (Wildman–Crippen MR) is 84.9 cm³/mol. The van der Waals surface area contributed by atoms with E-state index in [4.69, 9.17) is 9.47 Å². The highest BCUT2D eigenvalue weighted by Gasteiger charge is 2.22. The van der Waals surface area contributed by atoms with Crippen LogP contribution >= 0.6 is 0 Å². The average molecular weight is 302 g/mol. The largest absolute Gasteiger partial charge is 0.376 e. The summed E-state index contributed by atoms with van der Waals surface area (Å²) >= 11 is 0. The summed E-state index contributed by atoms with van der Waals surface area (Å²) in [6.45, 7) is 8.10. The minimum atomic E-state index is -0.499. The minimum Gasteiger partial charge on any atom is -0.376 e. The van der Waals surface area contributed by atoms with Crippen LogP contribution in [-0.2, 0) is 20.8 Å². The maximum Gasteiger partial charge on any atom is 0.251 e. The second-order valence-corrected chi connectivity index (χ2v) is 5.87. The number of benzene rings is 1. The number of rotatable bonds is 3. The molecule has 2 heterocycles. The number of hydrogen-bond acceptors (Lipinski definition) is 3. The Morgan fingerprint density at radius 2 is 2.14 bits per heavy atom. The van der Waals surface area contributed by atoms with E-state index >= 15 is 0 Å². The quantitative estimate of drug-likeness (QED) is 0.913. The maximum absolute atomic E-state index is 12.1. The first-order chi connectivity index (χ1) is 10.6. The lowest BCUT2D eigenvalue weighted by Gasteiger charge is -2.22. The van der Waals surface area contributed by atoms with Crippen molar-refractivity contribution in [2.75, 3.05) is 19.8 Å². The molecule has 1 aromatic heterocycles. The number of aryl methyl sites for hydroxylation is 3. The van der Waals surface area contributed by atoms with Gasteiger partial charge in [-0.15, -0.1) is 0 Å². The zero-order valence-electron chi connectivity index (χ0n) is 13.3. The van der Waals surface area contributed by atoms with Crippen LogP contribution in [0.1, 0.15) is 22.4 Å². The molecule has 1 fully saturated rings. The lowest BCUT2D eigenvalue weighted by atomic mass is 10.0. The number of H-pyrrole nitrogens is 1. The molecule has 1 aliphatic rings. The molecule has 0 bridgehead atoms. The second-order valence-electron chi connectivity index (χ2n) is 5.87. The van der Waals surface area contributed by atoms with E-state index in [-0.39, 0.29) is 5.91 Å². The standard InChI is InChI=1S/C17H22N2O3/c1-10-6-13(16-14(7-10)11(2)12(3)19-16)8-18-17(20)15-9-21-4-5-22-15/h6-7,15,19H,4-5,8-9H2,1-3H3,(H,18,20). The fraction of sp³-hybridized carbons (Fsp3) is 0.471. The molecule has 2 N–H and O–H groups in total. The van der Waals surface area contributed by atoms with Crippen LogP contribution in [0.15, 0.2) is 12.1 Å². The number of nitrogens with one attached hydrogen (secondary N) is 2. The molecular formula is C17H22N2O3. The smallest absolute Gasteiger partial charge is 0.251 e. The molecule has 5 heteroatoms. The fourth-order valence-electron chi connectivity index (χ4n) is 2.86. The van der Waals surface area contributed by atoms with E-state index in [2.05, 4.69) is 43.2 Å². The molecule has 0 spiro atoms. The summed E-state index contributed by atoms with van der Waals surface area (Å²) in [4.78, 5) is 15.6. The number of ether oxygens (including phenoxy) is 2. The highest BCUT2D eigenvalue weighted by atomic mass is 16.6. The van der Waals surface area contributed by atoms with Crippen LogP contribution in [0, 0.1) is 20.8 Å². The normalized spacial score (nSPS) is 18.6. The topological polar surface area (TPSA) is 63.4 Å². The van der Waals surface area contributed by atoms with Crippen molar-refractivity contribution in [3.05, 3.63) is 34.5 Å². The van der Waals surface area contributed by atoms with E-state index in [1.165, 1.54) is 16.5 Å². The van der Waals surface area contributed by atoms with Crippen molar-refractivity contribution >= 4 is 16.8 Å². The second kappa shape index (κ2) is 6.10. The summed E-state index contributed by atoms with van der Waals surface area (Å²) in [5.41, 5.74) is 5.81. The van der Waals surface area contributed by atoms with E-state index in [0.717, 1.165) is 16.8 Å². The Labute approximate surface area is 130 Å². The van der Waals surface area contributed by atoms with Gasteiger partial charge in [0.15, 0.2) is 6.10 Å². The van der Waals surface area contributed by atoms with Gasteiger partial charge in [-0.05, 0) is 38.0 Å². The Kier molecular flexibility index (Phi) is 4.18. The van der Waals surface area contributed by atoms with Gasteiger partial charge in [-0.25, -0.2) is 0 Å². The van der Waals surface area contributed by atoms with Crippen molar-refractivity contribution < 1.29 is 14.3 Å². The summed E-state index contributed by atoms with van der Waals surface area (Å²) < 4.78 is 10.7. The number of carbonyl (C=O) groups is 1. The lowest BCUT2D eigenvalue weighted by Crippen LogP contribution is -2.42. The summed E-state index contributed by atoms with van der Waals surface area (Å²) in [5.74, 6) is -0.116. The molecule has 22 heavy (non-hydrogen) atoms. The molecule has 3 rings (SSSR count). The highest BCUT2D eigenvalue weighted by molar-refractivity contribution is 5.88. The van der Waals surface area contributed by atoms with Crippen LogP contribution < -0.4 is 5.32 Å². The fourth-order valence-corrected chi connectivity index (χ4v) is 2.86. The van der Waals surface area contributed by atoms with Crippen molar-refractivity contribution in [1.82, 2.24) is 10.3 Å². The Balaban J connectivity index is 1.78. The van der Waals surface area contributed by atoms with Crippen molar-refractivity contribution in [3.63, 3.8) is 0 Å². The molecule has 118 valence electrons. The first-order valence-electron chi connectivity index (χ1n) is 7.61. The molecular weight excluding hydrogens is 280 g/mol. The zero-order valence-corrected chi connectivity index (χ0v) is 13.3. The van der Waals surface area contributed by atoms with E-state index in [0.29, 0.717) is 26.4 Å². The molecule has 1 saturated heterocycles. The van der Waals surface area contributed by atoms with Gasteiger partial charge in [0.25, 0.3) is 5.91 Å². The van der Waals surface area contributed by atoms with Gasteiger partial charge in [0, 0.05) is 17.6 Å². The molecule has 0 saturated carbocycles. The van der Waals surface area contributed by atoms with Gasteiger partial charge in [0.1, 0.15) is 0 Å². The third kappa shape index (κ3) is 2.87. The Morgan fingerprint density at radius 3 is 2.86 bits per heavy atom. The average Bonchev–Trinajstić information content (AvgIpc) is 2.81. The van der Waals surface area contributed by atoms with Gasteiger partial charge in [0.2, 0.25) is 0 Å². The van der Waals surface area contributed by atoms with E-state index in [1.54, 1.807) is 0 Å². The Bertz CT molecular complexity index is 699. The summed E-state index contributed by atoms with van der Waals surface area (Å²) in [6.07, 6.45) is -0.499. The molecule has 5 nitrogen and oxygen atoms in total. The molecule has 0 radical (unpaired) electrons. The number of aromatic amines is 1. The van der Waals surface area contributed by atoms with Crippen LogP contribution in [0.4, 0.5) is 0 Å². The molecule has 1 aromatic carbocycles. The monoisotopic (exact) mass is 302 g/mol. The summed E-state index contributed by atoms with van der Waals surface area (Å²) in [7, 11) is 0. The highest BCUT2D eigenvalue weighted by Crippen LogP contribution is 2.26. The number of amides is 1. The first kappa shape index (κ1) is 15.1. The van der Waals surface area contributed by atoms with E-state index in [9.17, 15) is 4.79 Å². The van der Waals surface area contributed by atoms with Crippen LogP contribution in [0.3, 0.4) is 0 Å². The molecule has 1 aliphatic heterocycles. The molecule has 0 aliphatic carbocycles. The minimum absolute atomic E-state index is 0.116. The van der Waals surface area contributed by atoms with Gasteiger partial charge in [-0.1, -0.05) is 11.6 Å². The van der Waals surface area contributed by atoms with Crippen molar-refractivity contribution in [2.45, 2.75) is 33.4 Å². The summed E-state index contributed by atoms with van der Waals surface area (Å²) in [5, 5.41) is 4.17. The van der Waals surface area contributed by atoms with E-state index in [1.807, 2.05) is 0 Å². The van der Waals surface area contributed by atoms with Crippen LogP contribution in [0.25, 0.3) is 10.9 Å². The van der Waals surface area contributed by atoms with Gasteiger partial charge >= 0.3 is 0 Å². The summed E-state index contributed by atoms with van der Waals surface area (Å²) in [6, 6.07) is 4.29. The van der Waals surface area contributed by atoms with Gasteiger partial charge < -0.3 is 19.8 Å². The van der Waals surface area contributed by atoms with Crippen molar-refractivity contribution in [3.8, 4) is 0 Å². The van der Waals surface area contributed by atoms with Crippen LogP contribution in [-0.4, -0.2) is 36.8 Å². The first-order valence-corrected chi connectivity index (χ1v) is 7.61. The van der Waals surface area contributed by atoms with Crippen LogP contribution in [0.5, 0.6) is 0 Å². The third-order valence-electron chi connectivity index (χ3n) is 4.20. The van der Waals surface area contributed by atoms with Gasteiger partial charge in [-0.2, -0.15) is 0 Å². The number of aromatic nitrogens is 1. The number of hydrogen-bond donors (Lipinski definition) is 2. The maximum atomic E-state index is 12.1. The Hall–Kier alpha value is -1.85. The molecule has 1 atom stereocenters. The van der Waals surface area contributed by atoms with Gasteiger partial charge in [0.05, 0.1) is 25.3 Å². The van der Waals surface area contributed by atoms with Crippen molar-refractivity contribution in [2.24, 2.45) is 0 Å². The van der Waals surface area contributed by atoms with Gasteiger partial charge in [-0.3, -0.25) is 4.79 Å². The number of carbonyl (C=O) groups excluding carboxylic acids is 1. The number of fused-ring (bicyclic) bond motifs is 1. The zero-order chi connectivity index (χ0) is 15.7. The van der Waals surface area contributed by atoms with Crippen molar-refractivity contribution in [1.29, 1.82) is 0 Å².